The van der Waals surface area contributed by atoms with Gasteiger partial charge in [0.15, 0.2) is 0 Å². The number of carbonyl (C=O) groups is 3. The molecule has 7 nitrogen and oxygen atoms in total. The summed E-state index contributed by atoms with van der Waals surface area (Å²) < 4.78 is 5.57. The zero-order chi connectivity index (χ0) is 23.6. The monoisotopic (exact) mass is 445 g/mol. The van der Waals surface area contributed by atoms with Crippen LogP contribution < -0.4 is 20.9 Å². The largest absolute Gasteiger partial charge is 0.494 e. The standard InChI is InChI=1S/C26H27N3O4/c1-3-4-16-33-23-14-10-20(11-15-23)26(32)29-28-25(31)19-8-12-22(13-9-19)27-24(30)21-7-5-6-18(2)17-21/h5-15,17H,3-4,16H2,1-2H3,(H,27,30)(H,28,31)(H,29,32). The Kier molecular flexibility index (Phi) is 8.18. The number of hydrogen-bond acceptors (Lipinski definition) is 4. The third-order valence-electron chi connectivity index (χ3n) is 4.86. The summed E-state index contributed by atoms with van der Waals surface area (Å²) >= 11 is 0. The van der Waals surface area contributed by atoms with Gasteiger partial charge in [-0.25, -0.2) is 0 Å². The average molecular weight is 446 g/mol. The molecule has 0 aliphatic rings. The topological polar surface area (TPSA) is 96.5 Å². The number of hydrazine groups is 1. The summed E-state index contributed by atoms with van der Waals surface area (Å²) in [6, 6.07) is 20.4. The van der Waals surface area contributed by atoms with E-state index in [-0.39, 0.29) is 5.91 Å². The molecule has 3 aromatic rings. The number of nitrogens with one attached hydrogen (secondary N) is 3. The molecule has 0 unspecified atom stereocenters. The highest BCUT2D eigenvalue weighted by atomic mass is 16.5. The zero-order valence-corrected chi connectivity index (χ0v) is 18.7. The maximum Gasteiger partial charge on any atom is 0.269 e. The molecule has 3 rings (SSSR count). The number of aryl methyl sites for hydroxylation is 1. The van der Waals surface area contributed by atoms with Crippen LogP contribution in [0.25, 0.3) is 0 Å². The first-order valence-electron chi connectivity index (χ1n) is 10.8. The van der Waals surface area contributed by atoms with Crippen molar-refractivity contribution in [2.24, 2.45) is 0 Å². The molecule has 0 atom stereocenters. The van der Waals surface area contributed by atoms with E-state index in [2.05, 4.69) is 23.1 Å². The van der Waals surface area contributed by atoms with Crippen LogP contribution in [0.15, 0.2) is 72.8 Å². The number of carbonyl (C=O) groups excluding carboxylic acids is 3. The molecule has 0 aliphatic heterocycles. The van der Waals surface area contributed by atoms with Crippen LogP contribution in [0.5, 0.6) is 5.75 Å². The number of rotatable bonds is 8. The van der Waals surface area contributed by atoms with Crippen LogP contribution in [0.3, 0.4) is 0 Å². The van der Waals surface area contributed by atoms with Gasteiger partial charge in [-0.1, -0.05) is 31.0 Å². The van der Waals surface area contributed by atoms with E-state index < -0.39 is 11.8 Å². The summed E-state index contributed by atoms with van der Waals surface area (Å²) in [6.07, 6.45) is 2.01. The van der Waals surface area contributed by atoms with Crippen molar-refractivity contribution in [2.75, 3.05) is 11.9 Å². The van der Waals surface area contributed by atoms with Crippen LogP contribution in [-0.4, -0.2) is 24.3 Å². The fraction of sp³-hybridized carbons (Fsp3) is 0.192. The summed E-state index contributed by atoms with van der Waals surface area (Å²) in [5.41, 5.74) is 7.62. The van der Waals surface area contributed by atoms with Crippen molar-refractivity contribution >= 4 is 23.4 Å². The van der Waals surface area contributed by atoms with Crippen molar-refractivity contribution in [3.05, 3.63) is 95.1 Å². The summed E-state index contributed by atoms with van der Waals surface area (Å²) in [5.74, 6) is -0.450. The summed E-state index contributed by atoms with van der Waals surface area (Å²) in [4.78, 5) is 37.0. The molecule has 0 radical (unpaired) electrons. The number of unbranched alkanes of at least 4 members (excludes halogenated alkanes) is 1. The molecule has 170 valence electrons. The maximum atomic E-state index is 12.3. The number of benzene rings is 3. The molecule has 0 heterocycles. The van der Waals surface area contributed by atoms with E-state index in [4.69, 9.17) is 4.74 Å². The van der Waals surface area contributed by atoms with Gasteiger partial charge < -0.3 is 10.1 Å². The Morgan fingerprint density at radius 1 is 0.758 bits per heavy atom. The van der Waals surface area contributed by atoms with Gasteiger partial charge in [-0.3, -0.25) is 25.2 Å². The van der Waals surface area contributed by atoms with Gasteiger partial charge in [0.25, 0.3) is 17.7 Å². The smallest absolute Gasteiger partial charge is 0.269 e. The third kappa shape index (κ3) is 6.93. The second-order valence-electron chi connectivity index (χ2n) is 7.54. The Hall–Kier alpha value is -4.13. The van der Waals surface area contributed by atoms with E-state index in [0.29, 0.717) is 34.7 Å². The van der Waals surface area contributed by atoms with Crippen LogP contribution >= 0.6 is 0 Å². The van der Waals surface area contributed by atoms with E-state index in [1.807, 2.05) is 19.1 Å². The fourth-order valence-electron chi connectivity index (χ4n) is 2.99. The molecule has 3 aromatic carbocycles. The minimum atomic E-state index is -0.473. The Bertz CT molecular complexity index is 1110. The molecule has 7 heteroatoms. The molecule has 0 bridgehead atoms. The first kappa shape index (κ1) is 23.5. The number of amides is 3. The van der Waals surface area contributed by atoms with Crippen LogP contribution in [0, 0.1) is 6.92 Å². The van der Waals surface area contributed by atoms with E-state index >= 15 is 0 Å². The SMILES string of the molecule is CCCCOc1ccc(C(=O)NNC(=O)c2ccc(NC(=O)c3cccc(C)c3)cc2)cc1. The lowest BCUT2D eigenvalue weighted by molar-refractivity contribution is 0.0846. The molecule has 0 saturated heterocycles. The van der Waals surface area contributed by atoms with Gasteiger partial charge in [0.05, 0.1) is 6.61 Å². The van der Waals surface area contributed by atoms with Crippen molar-refractivity contribution in [1.82, 2.24) is 10.9 Å². The molecule has 0 saturated carbocycles. The van der Waals surface area contributed by atoms with Gasteiger partial charge >= 0.3 is 0 Å². The van der Waals surface area contributed by atoms with Crippen LogP contribution in [-0.2, 0) is 0 Å². The predicted molar refractivity (Wildman–Crippen MR) is 127 cm³/mol. The van der Waals surface area contributed by atoms with Gasteiger partial charge in [-0.15, -0.1) is 0 Å². The fourth-order valence-corrected chi connectivity index (χ4v) is 2.99. The van der Waals surface area contributed by atoms with E-state index in [1.165, 1.54) is 0 Å². The Morgan fingerprint density at radius 2 is 1.36 bits per heavy atom. The van der Waals surface area contributed by atoms with Crippen LogP contribution in [0.4, 0.5) is 5.69 Å². The van der Waals surface area contributed by atoms with Crippen molar-refractivity contribution in [2.45, 2.75) is 26.7 Å². The number of hydrogen-bond donors (Lipinski definition) is 3. The van der Waals surface area contributed by atoms with Gasteiger partial charge in [0, 0.05) is 22.4 Å². The van der Waals surface area contributed by atoms with Crippen LogP contribution in [0.1, 0.15) is 56.4 Å². The molecular weight excluding hydrogens is 418 g/mol. The molecular formula is C26H27N3O4. The second kappa shape index (κ2) is 11.5. The predicted octanol–water partition coefficient (Wildman–Crippen LogP) is 4.50. The first-order valence-corrected chi connectivity index (χ1v) is 10.8. The normalized spacial score (nSPS) is 10.2. The summed E-state index contributed by atoms with van der Waals surface area (Å²) in [5, 5.41) is 2.79. The van der Waals surface area contributed by atoms with Crippen molar-refractivity contribution in [3.63, 3.8) is 0 Å². The van der Waals surface area contributed by atoms with Gasteiger partial charge in [0.2, 0.25) is 0 Å². The second-order valence-corrected chi connectivity index (χ2v) is 7.54. The van der Waals surface area contributed by atoms with Crippen molar-refractivity contribution < 1.29 is 19.1 Å². The zero-order valence-electron chi connectivity index (χ0n) is 18.7. The van der Waals surface area contributed by atoms with Crippen LogP contribution in [0.2, 0.25) is 0 Å². The van der Waals surface area contributed by atoms with E-state index in [1.54, 1.807) is 60.7 Å². The highest BCUT2D eigenvalue weighted by Gasteiger charge is 2.11. The quantitative estimate of drug-likeness (QED) is 0.351. The van der Waals surface area contributed by atoms with Crippen molar-refractivity contribution in [3.8, 4) is 5.75 Å². The lowest BCUT2D eigenvalue weighted by atomic mass is 10.1. The van der Waals surface area contributed by atoms with Crippen molar-refractivity contribution in [1.29, 1.82) is 0 Å². The molecule has 0 aromatic heterocycles. The minimum Gasteiger partial charge on any atom is -0.494 e. The highest BCUT2D eigenvalue weighted by Crippen LogP contribution is 2.14. The van der Waals surface area contributed by atoms with E-state index in [9.17, 15) is 14.4 Å². The molecule has 0 aliphatic carbocycles. The Morgan fingerprint density at radius 3 is 1.94 bits per heavy atom. The molecule has 3 N–H and O–H groups in total. The average Bonchev–Trinajstić information content (AvgIpc) is 2.83. The van der Waals surface area contributed by atoms with Gasteiger partial charge in [0.1, 0.15) is 5.75 Å². The third-order valence-corrected chi connectivity index (χ3v) is 4.86. The number of ether oxygens (including phenoxy) is 1. The highest BCUT2D eigenvalue weighted by molar-refractivity contribution is 6.05. The number of anilines is 1. The lowest BCUT2D eigenvalue weighted by Gasteiger charge is -2.10. The lowest BCUT2D eigenvalue weighted by Crippen LogP contribution is -2.41. The molecule has 3 amide bonds. The molecule has 33 heavy (non-hydrogen) atoms. The van der Waals surface area contributed by atoms with Gasteiger partial charge in [-0.2, -0.15) is 0 Å². The first-order chi connectivity index (χ1) is 16.0. The molecule has 0 spiro atoms. The Labute approximate surface area is 193 Å². The maximum absolute atomic E-state index is 12.3. The Balaban J connectivity index is 1.50. The van der Waals surface area contributed by atoms with Gasteiger partial charge in [-0.05, 0) is 74.0 Å². The summed E-state index contributed by atoms with van der Waals surface area (Å²) in [7, 11) is 0. The minimum absolute atomic E-state index is 0.232. The summed E-state index contributed by atoms with van der Waals surface area (Å²) in [6.45, 7) is 4.64. The molecule has 0 fully saturated rings. The van der Waals surface area contributed by atoms with E-state index in [0.717, 1.165) is 18.4 Å².